The summed E-state index contributed by atoms with van der Waals surface area (Å²) in [5, 5.41) is 6.27. The number of carbonyl (C=O) groups is 3. The molecule has 0 saturated carbocycles. The third kappa shape index (κ3) is 6.52. The smallest absolute Gasteiger partial charge is 0.326 e. The number of amides is 2. The van der Waals surface area contributed by atoms with E-state index in [0.717, 1.165) is 26.5 Å². The summed E-state index contributed by atoms with van der Waals surface area (Å²) in [4.78, 5) is 40.9. The number of ether oxygens (including phenoxy) is 1. The van der Waals surface area contributed by atoms with Crippen molar-refractivity contribution in [1.29, 1.82) is 0 Å². The van der Waals surface area contributed by atoms with Crippen LogP contribution in [-0.2, 0) is 25.7 Å². The lowest BCUT2D eigenvalue weighted by Crippen LogP contribution is -2.23. The molecule has 0 atom stereocenters. The van der Waals surface area contributed by atoms with E-state index in [-0.39, 0.29) is 30.6 Å². The number of thioether (sulfide) groups is 1. The lowest BCUT2D eigenvalue weighted by molar-refractivity contribution is -0.143. The lowest BCUT2D eigenvalue weighted by atomic mass is 10.3. The zero-order valence-electron chi connectivity index (χ0n) is 16.7. The normalized spacial score (nSPS) is 11.6. The molecule has 2 amide bonds. The summed E-state index contributed by atoms with van der Waals surface area (Å²) in [6.45, 7) is 3.68. The van der Waals surface area contributed by atoms with Gasteiger partial charge in [0.25, 0.3) is 5.91 Å². The fourth-order valence-corrected chi connectivity index (χ4v) is 4.79. The molecule has 0 aliphatic carbocycles. The number of aromatic nitrogens is 2. The fraction of sp³-hybridized carbons (Fsp3) is 0.316. The average Bonchev–Trinajstić information content (AvgIpc) is 3.24. The third-order valence-corrected chi connectivity index (χ3v) is 6.26. The van der Waals surface area contributed by atoms with E-state index >= 15 is 0 Å². The van der Waals surface area contributed by atoms with Gasteiger partial charge in [0, 0.05) is 10.5 Å². The summed E-state index contributed by atoms with van der Waals surface area (Å²) in [6.07, 6.45) is 0. The Hall–Kier alpha value is -2.44. The molecule has 9 nitrogen and oxygen atoms in total. The molecule has 2 heterocycles. The Morgan fingerprint density at radius 1 is 1.32 bits per heavy atom. The topological polar surface area (TPSA) is 116 Å². The van der Waals surface area contributed by atoms with Crippen molar-refractivity contribution in [1.82, 2.24) is 9.72 Å². The summed E-state index contributed by atoms with van der Waals surface area (Å²) in [5.41, 5.74) is 0.780. The van der Waals surface area contributed by atoms with Crippen LogP contribution in [0.5, 0.6) is 0 Å². The van der Waals surface area contributed by atoms with Gasteiger partial charge in [0.1, 0.15) is 12.3 Å². The Kier molecular flexibility index (Phi) is 8.04. The molecule has 0 aliphatic heterocycles. The summed E-state index contributed by atoms with van der Waals surface area (Å²) >= 11 is 5.86. The number of nitrogens with one attached hydrogen (secondary N) is 1. The number of thiazole rings is 1. The van der Waals surface area contributed by atoms with E-state index in [1.807, 2.05) is 18.2 Å². The molecule has 31 heavy (non-hydrogen) atoms. The maximum atomic E-state index is 12.4. The van der Waals surface area contributed by atoms with Crippen LogP contribution in [0.2, 0.25) is 0 Å². The third-order valence-electron chi connectivity index (χ3n) is 3.81. The molecule has 0 spiro atoms. The second kappa shape index (κ2) is 10.7. The first-order valence-electron chi connectivity index (χ1n) is 9.18. The number of benzene rings is 1. The van der Waals surface area contributed by atoms with Gasteiger partial charge in [-0.05, 0) is 32.0 Å². The zero-order valence-corrected chi connectivity index (χ0v) is 19.9. The molecular formula is C19H19BrN4O5S2. The molecule has 0 saturated heterocycles. The van der Waals surface area contributed by atoms with E-state index < -0.39 is 11.9 Å². The number of hydrogen-bond donors (Lipinski definition) is 1. The van der Waals surface area contributed by atoms with Crippen molar-refractivity contribution in [3.8, 4) is 0 Å². The van der Waals surface area contributed by atoms with Gasteiger partial charge in [-0.2, -0.15) is 4.99 Å². The highest BCUT2D eigenvalue weighted by Crippen LogP contribution is 2.22. The molecule has 1 N–H and O–H groups in total. The van der Waals surface area contributed by atoms with Gasteiger partial charge < -0.3 is 19.1 Å². The van der Waals surface area contributed by atoms with Crippen LogP contribution in [0.3, 0.4) is 0 Å². The van der Waals surface area contributed by atoms with Gasteiger partial charge in [-0.25, -0.2) is 0 Å². The Balaban J connectivity index is 1.69. The van der Waals surface area contributed by atoms with E-state index in [4.69, 9.17) is 9.26 Å². The highest BCUT2D eigenvalue weighted by atomic mass is 79.9. The summed E-state index contributed by atoms with van der Waals surface area (Å²) in [5.74, 6) is -0.113. The van der Waals surface area contributed by atoms with Crippen molar-refractivity contribution >= 4 is 72.8 Å². The fourth-order valence-electron chi connectivity index (χ4n) is 2.60. The van der Waals surface area contributed by atoms with Crippen LogP contribution >= 0.6 is 39.0 Å². The van der Waals surface area contributed by atoms with Crippen molar-refractivity contribution in [2.45, 2.75) is 20.4 Å². The average molecular weight is 527 g/mol. The molecule has 164 valence electrons. The Morgan fingerprint density at radius 3 is 2.84 bits per heavy atom. The van der Waals surface area contributed by atoms with Crippen LogP contribution in [0.4, 0.5) is 5.82 Å². The van der Waals surface area contributed by atoms with Crippen LogP contribution in [0.25, 0.3) is 10.2 Å². The van der Waals surface area contributed by atoms with Crippen LogP contribution < -0.4 is 10.1 Å². The second-order valence-electron chi connectivity index (χ2n) is 6.26. The number of anilines is 1. The molecule has 1 aromatic carbocycles. The van der Waals surface area contributed by atoms with E-state index in [0.29, 0.717) is 16.4 Å². The number of esters is 1. The Labute approximate surface area is 194 Å². The Bertz CT molecular complexity index is 1180. The number of halogens is 1. The number of aryl methyl sites for hydroxylation is 1. The highest BCUT2D eigenvalue weighted by Gasteiger charge is 2.13. The van der Waals surface area contributed by atoms with E-state index in [2.05, 4.69) is 31.4 Å². The first-order chi connectivity index (χ1) is 14.9. The van der Waals surface area contributed by atoms with Crippen LogP contribution in [0.1, 0.15) is 12.7 Å². The molecular weight excluding hydrogens is 508 g/mol. The summed E-state index contributed by atoms with van der Waals surface area (Å²) < 4.78 is 13.3. The van der Waals surface area contributed by atoms with Crippen molar-refractivity contribution < 1.29 is 23.6 Å². The minimum Gasteiger partial charge on any atom is -0.465 e. The Morgan fingerprint density at radius 2 is 2.13 bits per heavy atom. The molecule has 0 aliphatic rings. The lowest BCUT2D eigenvalue weighted by Gasteiger charge is -2.05. The highest BCUT2D eigenvalue weighted by molar-refractivity contribution is 9.10. The van der Waals surface area contributed by atoms with Gasteiger partial charge in [0.05, 0.1) is 28.3 Å². The first kappa shape index (κ1) is 23.2. The SMILES string of the molecule is CCOC(=O)Cn1c(=NC(=O)CSCC(=O)Nc2cc(C)on2)sc2cc(Br)ccc21. The van der Waals surface area contributed by atoms with Gasteiger partial charge >= 0.3 is 5.97 Å². The van der Waals surface area contributed by atoms with Gasteiger partial charge in [-0.15, -0.1) is 11.8 Å². The van der Waals surface area contributed by atoms with Crippen molar-refractivity contribution in [3.05, 3.63) is 39.3 Å². The second-order valence-corrected chi connectivity index (χ2v) is 9.17. The van der Waals surface area contributed by atoms with Crippen LogP contribution in [0.15, 0.2) is 38.3 Å². The number of carbonyl (C=O) groups excluding carboxylic acids is 3. The summed E-state index contributed by atoms with van der Waals surface area (Å²) in [7, 11) is 0. The minimum atomic E-state index is -0.409. The molecule has 0 bridgehead atoms. The molecule has 12 heteroatoms. The van der Waals surface area contributed by atoms with Gasteiger partial charge in [-0.1, -0.05) is 32.4 Å². The number of fused-ring (bicyclic) bond motifs is 1. The van der Waals surface area contributed by atoms with Crippen molar-refractivity contribution in [2.75, 3.05) is 23.4 Å². The van der Waals surface area contributed by atoms with E-state index in [9.17, 15) is 14.4 Å². The van der Waals surface area contributed by atoms with Gasteiger partial charge in [0.15, 0.2) is 10.6 Å². The molecule has 2 aromatic heterocycles. The van der Waals surface area contributed by atoms with Crippen LogP contribution in [0, 0.1) is 6.92 Å². The zero-order chi connectivity index (χ0) is 22.4. The maximum absolute atomic E-state index is 12.4. The number of nitrogens with zero attached hydrogens (tertiary/aromatic N) is 3. The molecule has 0 fully saturated rings. The van der Waals surface area contributed by atoms with Gasteiger partial charge in [-0.3, -0.25) is 14.4 Å². The predicted molar refractivity (Wildman–Crippen MR) is 122 cm³/mol. The molecule has 0 unspecified atom stereocenters. The number of hydrogen-bond acceptors (Lipinski definition) is 8. The van der Waals surface area contributed by atoms with Crippen LogP contribution in [-0.4, -0.2) is 45.6 Å². The van der Waals surface area contributed by atoms with Crippen molar-refractivity contribution in [3.63, 3.8) is 0 Å². The maximum Gasteiger partial charge on any atom is 0.326 e. The largest absolute Gasteiger partial charge is 0.465 e. The standard InChI is InChI=1S/C19H19BrN4O5S2/c1-3-28-18(27)8-24-13-5-4-12(20)7-14(13)31-19(24)22-17(26)10-30-9-16(25)21-15-6-11(2)29-23-15/h4-7H,3,8-10H2,1-2H3,(H,21,23,25). The minimum absolute atomic E-state index is 0.0165. The molecule has 3 rings (SSSR count). The summed E-state index contributed by atoms with van der Waals surface area (Å²) in [6, 6.07) is 7.21. The van der Waals surface area contributed by atoms with E-state index in [1.54, 1.807) is 24.5 Å². The number of rotatable bonds is 8. The molecule has 0 radical (unpaired) electrons. The molecule has 3 aromatic rings. The van der Waals surface area contributed by atoms with Gasteiger partial charge in [0.2, 0.25) is 5.91 Å². The monoisotopic (exact) mass is 526 g/mol. The first-order valence-corrected chi connectivity index (χ1v) is 11.9. The predicted octanol–water partition coefficient (Wildman–Crippen LogP) is 3.12. The quantitative estimate of drug-likeness (QED) is 0.448. The van der Waals surface area contributed by atoms with E-state index in [1.165, 1.54) is 11.3 Å². The van der Waals surface area contributed by atoms with Crippen molar-refractivity contribution in [2.24, 2.45) is 4.99 Å².